The molecule has 1 saturated heterocycles. The molecular formula is C12H25NO. The van der Waals surface area contributed by atoms with Crippen LogP contribution in [0.25, 0.3) is 0 Å². The monoisotopic (exact) mass is 199 g/mol. The van der Waals surface area contributed by atoms with Crippen LogP contribution in [0.1, 0.15) is 48.0 Å². The van der Waals surface area contributed by atoms with Crippen LogP contribution in [0.15, 0.2) is 0 Å². The number of hydrogen-bond donors (Lipinski definition) is 0. The topological polar surface area (TPSA) is 20.3 Å². The molecular weight excluding hydrogens is 174 g/mol. The summed E-state index contributed by atoms with van der Waals surface area (Å²) < 4.78 is 0. The first kappa shape index (κ1) is 13.5. The summed E-state index contributed by atoms with van der Waals surface area (Å²) >= 11 is 0. The summed E-state index contributed by atoms with van der Waals surface area (Å²) in [5, 5.41) is 0. The fraction of sp³-hybridized carbons (Fsp3) is 0.917. The van der Waals surface area contributed by atoms with Gasteiger partial charge < -0.3 is 4.90 Å². The molecule has 0 spiro atoms. The van der Waals surface area contributed by atoms with Crippen molar-refractivity contribution < 1.29 is 4.79 Å². The minimum Gasteiger partial charge on any atom is -0.342 e. The Morgan fingerprint density at radius 3 is 2.07 bits per heavy atom. The molecule has 0 unspecified atom stereocenters. The van der Waals surface area contributed by atoms with Gasteiger partial charge in [-0.1, -0.05) is 41.5 Å². The van der Waals surface area contributed by atoms with Gasteiger partial charge in [0.05, 0.1) is 0 Å². The highest BCUT2D eigenvalue weighted by molar-refractivity contribution is 5.78. The van der Waals surface area contributed by atoms with Gasteiger partial charge in [-0.05, 0) is 11.8 Å². The second kappa shape index (κ2) is 5.38. The molecule has 2 heteroatoms. The molecule has 0 aromatic heterocycles. The van der Waals surface area contributed by atoms with E-state index in [0.717, 1.165) is 19.5 Å². The first-order chi connectivity index (χ1) is 6.42. The van der Waals surface area contributed by atoms with E-state index in [1.54, 1.807) is 0 Å². The van der Waals surface area contributed by atoms with Gasteiger partial charge in [0.15, 0.2) is 0 Å². The van der Waals surface area contributed by atoms with Crippen molar-refractivity contribution in [2.45, 2.75) is 48.0 Å². The first-order valence-corrected chi connectivity index (χ1v) is 5.71. The van der Waals surface area contributed by atoms with E-state index in [9.17, 15) is 4.79 Å². The third-order valence-electron chi connectivity index (χ3n) is 2.48. The lowest BCUT2D eigenvalue weighted by Gasteiger charge is -2.21. The van der Waals surface area contributed by atoms with Crippen molar-refractivity contribution in [2.75, 3.05) is 13.1 Å². The zero-order valence-electron chi connectivity index (χ0n) is 10.6. The number of amides is 1. The first-order valence-electron chi connectivity index (χ1n) is 5.71. The van der Waals surface area contributed by atoms with Crippen LogP contribution in [0.5, 0.6) is 0 Å². The van der Waals surface area contributed by atoms with Gasteiger partial charge >= 0.3 is 0 Å². The van der Waals surface area contributed by atoms with E-state index in [1.807, 2.05) is 32.6 Å². The van der Waals surface area contributed by atoms with Crippen LogP contribution in [-0.4, -0.2) is 23.9 Å². The van der Waals surface area contributed by atoms with E-state index in [4.69, 9.17) is 0 Å². The highest BCUT2D eigenvalue weighted by atomic mass is 16.2. The highest BCUT2D eigenvalue weighted by Gasteiger charge is 2.32. The molecule has 0 atom stereocenters. The van der Waals surface area contributed by atoms with Crippen LogP contribution in [0, 0.1) is 11.3 Å². The lowest BCUT2D eigenvalue weighted by molar-refractivity contribution is -0.133. The SMILES string of the molecule is CC.CC(C)C(=O)N1CCC(C)(C)C1. The highest BCUT2D eigenvalue weighted by Crippen LogP contribution is 2.29. The standard InChI is InChI=1S/C10H19NO.C2H6/c1-8(2)9(12)11-6-5-10(3,4)7-11;1-2/h8H,5-7H2,1-4H3;1-2H3. The Hall–Kier alpha value is -0.530. The maximum Gasteiger partial charge on any atom is 0.225 e. The number of nitrogens with zero attached hydrogens (tertiary/aromatic N) is 1. The normalized spacial score (nSPS) is 19.2. The average molecular weight is 199 g/mol. The van der Waals surface area contributed by atoms with Crippen molar-refractivity contribution in [1.82, 2.24) is 4.90 Å². The molecule has 1 aliphatic heterocycles. The maximum atomic E-state index is 11.6. The van der Waals surface area contributed by atoms with E-state index in [0.29, 0.717) is 11.3 Å². The molecule has 0 radical (unpaired) electrons. The molecule has 0 aromatic rings. The number of hydrogen-bond acceptors (Lipinski definition) is 1. The Balaban J connectivity index is 0.000000791. The van der Waals surface area contributed by atoms with Crippen LogP contribution >= 0.6 is 0 Å². The van der Waals surface area contributed by atoms with Crippen LogP contribution in [0.3, 0.4) is 0 Å². The third-order valence-corrected chi connectivity index (χ3v) is 2.48. The van der Waals surface area contributed by atoms with Crippen molar-refractivity contribution in [3.63, 3.8) is 0 Å². The van der Waals surface area contributed by atoms with E-state index in [-0.39, 0.29) is 5.92 Å². The Morgan fingerprint density at radius 2 is 1.79 bits per heavy atom. The van der Waals surface area contributed by atoms with Gasteiger partial charge in [0.2, 0.25) is 5.91 Å². The Labute approximate surface area is 88.7 Å². The fourth-order valence-electron chi connectivity index (χ4n) is 1.67. The molecule has 1 fully saturated rings. The molecule has 14 heavy (non-hydrogen) atoms. The maximum absolute atomic E-state index is 11.6. The molecule has 0 saturated carbocycles. The fourth-order valence-corrected chi connectivity index (χ4v) is 1.67. The molecule has 0 N–H and O–H groups in total. The van der Waals surface area contributed by atoms with E-state index < -0.39 is 0 Å². The van der Waals surface area contributed by atoms with Crippen LogP contribution in [0.2, 0.25) is 0 Å². The minimum atomic E-state index is 0.152. The summed E-state index contributed by atoms with van der Waals surface area (Å²) in [6.45, 7) is 14.3. The smallest absolute Gasteiger partial charge is 0.225 e. The minimum absolute atomic E-state index is 0.152. The molecule has 0 bridgehead atoms. The van der Waals surface area contributed by atoms with Crippen LogP contribution < -0.4 is 0 Å². The Morgan fingerprint density at radius 1 is 1.29 bits per heavy atom. The summed E-state index contributed by atoms with van der Waals surface area (Å²) in [6, 6.07) is 0. The van der Waals surface area contributed by atoms with Gasteiger partial charge in [0, 0.05) is 19.0 Å². The predicted molar refractivity (Wildman–Crippen MR) is 61.2 cm³/mol. The van der Waals surface area contributed by atoms with Gasteiger partial charge in [-0.25, -0.2) is 0 Å². The van der Waals surface area contributed by atoms with Gasteiger partial charge in [-0.2, -0.15) is 0 Å². The molecule has 2 nitrogen and oxygen atoms in total. The van der Waals surface area contributed by atoms with Crippen molar-refractivity contribution in [3.05, 3.63) is 0 Å². The largest absolute Gasteiger partial charge is 0.342 e. The second-order valence-electron chi connectivity index (χ2n) is 4.83. The lowest BCUT2D eigenvalue weighted by Crippen LogP contribution is -2.33. The van der Waals surface area contributed by atoms with E-state index >= 15 is 0 Å². The number of carbonyl (C=O) groups is 1. The van der Waals surface area contributed by atoms with E-state index in [2.05, 4.69) is 13.8 Å². The summed E-state index contributed by atoms with van der Waals surface area (Å²) in [5.41, 5.74) is 0.338. The molecule has 84 valence electrons. The van der Waals surface area contributed by atoms with Crippen molar-refractivity contribution in [3.8, 4) is 0 Å². The zero-order chi connectivity index (χ0) is 11.4. The summed E-state index contributed by atoms with van der Waals surface area (Å²) in [4.78, 5) is 13.5. The number of carbonyl (C=O) groups excluding carboxylic acids is 1. The van der Waals surface area contributed by atoms with Gasteiger partial charge in [-0.3, -0.25) is 4.79 Å². The summed E-state index contributed by atoms with van der Waals surface area (Å²) in [7, 11) is 0. The van der Waals surface area contributed by atoms with Gasteiger partial charge in [0.25, 0.3) is 0 Å². The third kappa shape index (κ3) is 3.69. The Kier molecular flexibility index (Phi) is 5.17. The summed E-state index contributed by atoms with van der Waals surface area (Å²) in [5.74, 6) is 0.458. The Bertz CT molecular complexity index is 185. The van der Waals surface area contributed by atoms with Crippen molar-refractivity contribution in [2.24, 2.45) is 11.3 Å². The van der Waals surface area contributed by atoms with Crippen molar-refractivity contribution in [1.29, 1.82) is 0 Å². The molecule has 0 aromatic carbocycles. The zero-order valence-corrected chi connectivity index (χ0v) is 10.6. The van der Waals surface area contributed by atoms with Gasteiger partial charge in [0.1, 0.15) is 0 Å². The van der Waals surface area contributed by atoms with Crippen molar-refractivity contribution >= 4 is 5.91 Å². The molecule has 1 amide bonds. The van der Waals surface area contributed by atoms with E-state index in [1.165, 1.54) is 0 Å². The number of likely N-dealkylation sites (tertiary alicyclic amines) is 1. The summed E-state index contributed by atoms with van der Waals surface area (Å²) in [6.07, 6.45) is 1.14. The molecule has 1 rings (SSSR count). The molecule has 1 aliphatic rings. The quantitative estimate of drug-likeness (QED) is 0.636. The predicted octanol–water partition coefficient (Wildman–Crippen LogP) is 2.93. The second-order valence-corrected chi connectivity index (χ2v) is 4.83. The lowest BCUT2D eigenvalue weighted by atomic mass is 9.93. The average Bonchev–Trinajstić information content (AvgIpc) is 2.48. The van der Waals surface area contributed by atoms with Crippen LogP contribution in [0.4, 0.5) is 0 Å². The van der Waals surface area contributed by atoms with Gasteiger partial charge in [-0.15, -0.1) is 0 Å². The number of rotatable bonds is 1. The molecule has 0 aliphatic carbocycles. The molecule has 1 heterocycles. The van der Waals surface area contributed by atoms with Crippen LogP contribution in [-0.2, 0) is 4.79 Å².